The molecule has 1 fully saturated rings. The van der Waals surface area contributed by atoms with Crippen LogP contribution in [0.3, 0.4) is 0 Å². The second kappa shape index (κ2) is 5.88. The van der Waals surface area contributed by atoms with Crippen molar-refractivity contribution < 1.29 is 8.76 Å². The maximum atomic E-state index is 11.9. The van der Waals surface area contributed by atoms with E-state index >= 15 is 0 Å². The van der Waals surface area contributed by atoms with E-state index in [1.165, 1.54) is 10.6 Å². The molecule has 0 radical (unpaired) electrons. The average molecular weight is 364 g/mol. The first-order valence-electron chi connectivity index (χ1n) is 8.02. The van der Waals surface area contributed by atoms with Gasteiger partial charge in [-0.2, -0.15) is 0 Å². The molecule has 24 heavy (non-hydrogen) atoms. The number of rotatable bonds is 3. The Morgan fingerprint density at radius 3 is 2.58 bits per heavy atom. The molecule has 1 aliphatic heterocycles. The molecule has 1 saturated carbocycles. The van der Waals surface area contributed by atoms with Crippen molar-refractivity contribution in [1.29, 1.82) is 0 Å². The first-order chi connectivity index (χ1) is 11.4. The Bertz CT molecular complexity index is 830. The van der Waals surface area contributed by atoms with Crippen LogP contribution in [0.25, 0.3) is 11.3 Å². The summed E-state index contributed by atoms with van der Waals surface area (Å²) in [5.74, 6) is 1.35. The zero-order valence-electron chi connectivity index (χ0n) is 13.4. The number of halogens is 1. The zero-order valence-corrected chi connectivity index (χ0v) is 14.9. The summed E-state index contributed by atoms with van der Waals surface area (Å²) in [7, 11) is -3.23. The van der Waals surface area contributed by atoms with Crippen molar-refractivity contribution in [3.8, 4) is 11.3 Å². The molecular weight excluding hydrogens is 346 g/mol. The van der Waals surface area contributed by atoms with Gasteiger partial charge in [0.05, 0.1) is 17.9 Å². The Kier molecular flexibility index (Phi) is 3.95. The van der Waals surface area contributed by atoms with Gasteiger partial charge in [-0.15, -0.1) is 4.31 Å². The van der Waals surface area contributed by atoms with E-state index in [-0.39, 0.29) is 0 Å². The van der Waals surface area contributed by atoms with Crippen LogP contribution in [0.4, 0.5) is 0 Å². The fourth-order valence-electron chi connectivity index (χ4n) is 3.06. The number of fused-ring (bicyclic) bond motifs is 1. The Balaban J connectivity index is 1.83. The minimum absolute atomic E-state index is 0.330. The third kappa shape index (κ3) is 3.11. The third-order valence-electron chi connectivity index (χ3n) is 4.57. The van der Waals surface area contributed by atoms with Gasteiger partial charge < -0.3 is 4.55 Å². The molecule has 7 heteroatoms. The molecule has 1 aromatic carbocycles. The molecule has 0 saturated heterocycles. The molecule has 1 aromatic heterocycles. The molecule has 1 atom stereocenters. The highest BCUT2D eigenvalue weighted by Gasteiger charge is 2.33. The molecule has 2 aromatic rings. The van der Waals surface area contributed by atoms with Crippen molar-refractivity contribution in [1.82, 2.24) is 14.3 Å². The number of nitrogens with zero attached hydrogens (tertiary/aromatic N) is 3. The van der Waals surface area contributed by atoms with E-state index in [9.17, 15) is 8.76 Å². The number of benzene rings is 1. The van der Waals surface area contributed by atoms with Crippen LogP contribution >= 0.6 is 11.6 Å². The Morgan fingerprint density at radius 1 is 1.25 bits per heavy atom. The highest BCUT2D eigenvalue weighted by molar-refractivity contribution is 7.94. The predicted molar refractivity (Wildman–Crippen MR) is 93.3 cm³/mol. The van der Waals surface area contributed by atoms with Crippen LogP contribution in [0, 0.1) is 0 Å². The van der Waals surface area contributed by atoms with Crippen LogP contribution in [0.1, 0.15) is 35.8 Å². The molecule has 5 nitrogen and oxygen atoms in total. The lowest BCUT2D eigenvalue weighted by Crippen LogP contribution is -2.40. The molecule has 4 rings (SSSR count). The SMILES string of the molecule is C[S+](=O)([O-])N1CCc2nc(C3CC3)nc(-c3ccc(Cl)cc3)c2C1. The van der Waals surface area contributed by atoms with E-state index in [0.29, 0.717) is 30.5 Å². The van der Waals surface area contributed by atoms with Gasteiger partial charge >= 0.3 is 0 Å². The fourth-order valence-corrected chi connectivity index (χ4v) is 3.97. The van der Waals surface area contributed by atoms with Crippen molar-refractivity contribution >= 4 is 22.0 Å². The Labute approximate surface area is 147 Å². The van der Waals surface area contributed by atoms with Crippen LogP contribution in [-0.4, -0.2) is 31.6 Å². The number of hydrogen-bond acceptors (Lipinski definition) is 4. The summed E-state index contributed by atoms with van der Waals surface area (Å²) in [5.41, 5.74) is 3.69. The van der Waals surface area contributed by atoms with Gasteiger partial charge in [-0.1, -0.05) is 27.9 Å². The molecule has 0 N–H and O–H groups in total. The first-order valence-corrected chi connectivity index (χ1v) is 10.2. The molecule has 0 amide bonds. The molecule has 0 bridgehead atoms. The van der Waals surface area contributed by atoms with Crippen LogP contribution in [-0.2, 0) is 27.6 Å². The summed E-state index contributed by atoms with van der Waals surface area (Å²) in [6.45, 7) is 0.810. The number of sulfonamides is 1. The number of aromatic nitrogens is 2. The third-order valence-corrected chi connectivity index (χ3v) is 6.07. The normalized spacial score (nSPS) is 20.5. The van der Waals surface area contributed by atoms with Gasteiger partial charge in [0.15, 0.2) is 0 Å². The Morgan fingerprint density at radius 2 is 1.96 bits per heavy atom. The molecule has 1 aliphatic carbocycles. The number of hydrogen-bond donors (Lipinski definition) is 0. The summed E-state index contributed by atoms with van der Waals surface area (Å²) in [4.78, 5) is 9.53. The van der Waals surface area contributed by atoms with Crippen LogP contribution in [0.2, 0.25) is 5.02 Å². The maximum Gasteiger partial charge on any atom is 0.132 e. The van der Waals surface area contributed by atoms with E-state index in [0.717, 1.165) is 41.2 Å². The summed E-state index contributed by atoms with van der Waals surface area (Å²) < 4.78 is 25.4. The Hall–Kier alpha value is -1.34. The van der Waals surface area contributed by atoms with Crippen molar-refractivity contribution in [2.75, 3.05) is 12.8 Å². The summed E-state index contributed by atoms with van der Waals surface area (Å²) in [6.07, 6.45) is 4.15. The van der Waals surface area contributed by atoms with Gasteiger partial charge in [0.1, 0.15) is 22.5 Å². The van der Waals surface area contributed by atoms with E-state index in [4.69, 9.17) is 21.6 Å². The molecular formula is C17H18ClN3O2S. The molecule has 0 spiro atoms. The maximum absolute atomic E-state index is 11.9. The fraction of sp³-hybridized carbons (Fsp3) is 0.412. The first kappa shape index (κ1) is 16.1. The van der Waals surface area contributed by atoms with Crippen LogP contribution < -0.4 is 0 Å². The lowest BCUT2D eigenvalue weighted by atomic mass is 10.00. The standard InChI is InChI=1S/C17H18ClN3O2S/c1-24(22,23)21-9-8-15-14(10-21)16(11-4-6-13(18)7-5-11)20-17(19-15)12-2-3-12/h4-7,12H,2-3,8-10H2,1H3. The molecule has 1 unspecified atom stereocenters. The second-order valence-electron chi connectivity index (χ2n) is 6.48. The van der Waals surface area contributed by atoms with Crippen molar-refractivity contribution in [2.24, 2.45) is 0 Å². The zero-order chi connectivity index (χ0) is 16.9. The van der Waals surface area contributed by atoms with E-state index in [2.05, 4.69) is 0 Å². The van der Waals surface area contributed by atoms with Gasteiger partial charge in [-0.05, 0) is 25.0 Å². The highest BCUT2D eigenvalue weighted by Crippen LogP contribution is 2.40. The smallest absolute Gasteiger partial charge is 0.132 e. The van der Waals surface area contributed by atoms with Gasteiger partial charge in [0, 0.05) is 35.0 Å². The summed E-state index contributed by atoms with van der Waals surface area (Å²) in [6, 6.07) is 7.53. The van der Waals surface area contributed by atoms with Crippen LogP contribution in [0.15, 0.2) is 24.3 Å². The van der Waals surface area contributed by atoms with Crippen molar-refractivity contribution in [3.63, 3.8) is 0 Å². The van der Waals surface area contributed by atoms with Crippen molar-refractivity contribution in [2.45, 2.75) is 31.7 Å². The minimum Gasteiger partial charge on any atom is -0.598 e. The average Bonchev–Trinajstić information content (AvgIpc) is 3.38. The second-order valence-corrected chi connectivity index (χ2v) is 8.90. The van der Waals surface area contributed by atoms with Gasteiger partial charge in [-0.25, -0.2) is 9.97 Å². The van der Waals surface area contributed by atoms with E-state index in [1.807, 2.05) is 24.3 Å². The monoisotopic (exact) mass is 363 g/mol. The molecule has 126 valence electrons. The largest absolute Gasteiger partial charge is 0.598 e. The van der Waals surface area contributed by atoms with Gasteiger partial charge in [0.25, 0.3) is 0 Å². The van der Waals surface area contributed by atoms with Crippen LogP contribution in [0.5, 0.6) is 0 Å². The quantitative estimate of drug-likeness (QED) is 0.785. The van der Waals surface area contributed by atoms with E-state index < -0.39 is 10.4 Å². The summed E-state index contributed by atoms with van der Waals surface area (Å²) in [5, 5.41) is 0.668. The summed E-state index contributed by atoms with van der Waals surface area (Å²) >= 11 is 6.00. The lowest BCUT2D eigenvalue weighted by molar-refractivity contribution is 0.342. The van der Waals surface area contributed by atoms with Gasteiger partial charge in [0.2, 0.25) is 0 Å². The highest BCUT2D eigenvalue weighted by atomic mass is 35.5. The molecule has 2 heterocycles. The molecule has 2 aliphatic rings. The van der Waals surface area contributed by atoms with Gasteiger partial charge in [-0.3, -0.25) is 0 Å². The van der Waals surface area contributed by atoms with Crippen molar-refractivity contribution in [3.05, 3.63) is 46.4 Å². The van der Waals surface area contributed by atoms with E-state index in [1.54, 1.807) is 0 Å². The predicted octanol–water partition coefficient (Wildman–Crippen LogP) is 3.21. The minimum atomic E-state index is -3.23. The topological polar surface area (TPSA) is 69.2 Å². The lowest BCUT2D eigenvalue weighted by Gasteiger charge is -2.30.